The molecule has 4 saturated heterocycles. The lowest BCUT2D eigenvalue weighted by molar-refractivity contribution is -0.0331. The number of aromatic nitrogens is 10. The number of hydrogen-bond acceptors (Lipinski definition) is 36. The lowest BCUT2D eigenvalue weighted by atomic mass is 10.0. The molecule has 4 aliphatic rings. The van der Waals surface area contributed by atoms with Crippen molar-refractivity contribution in [3.8, 4) is 56.8 Å². The third kappa shape index (κ3) is 26.3. The van der Waals surface area contributed by atoms with Gasteiger partial charge in [0.15, 0.2) is 75.6 Å². The summed E-state index contributed by atoms with van der Waals surface area (Å²) in [5, 5.41) is 6.15. The highest BCUT2D eigenvalue weighted by Gasteiger charge is 2.40. The van der Waals surface area contributed by atoms with Crippen LogP contribution in [0, 0.1) is 0 Å². The summed E-state index contributed by atoms with van der Waals surface area (Å²) in [6.45, 7) is 24.2. The molecular weight excluding hydrogens is 1830 g/mol. The van der Waals surface area contributed by atoms with Gasteiger partial charge in [-0.3, -0.25) is 15.1 Å². The van der Waals surface area contributed by atoms with Crippen molar-refractivity contribution in [2.24, 2.45) is 5.84 Å². The topological polar surface area (TPSA) is 584 Å². The summed E-state index contributed by atoms with van der Waals surface area (Å²) >= 11 is 3.06. The average molecular weight is 1930 g/mol. The van der Waals surface area contributed by atoms with Crippen LogP contribution in [0.3, 0.4) is 0 Å². The van der Waals surface area contributed by atoms with E-state index in [2.05, 4.69) is 75.5 Å². The number of benzene rings is 4. The number of amides is 5. The number of nitrogen functional groups attached to an aromatic ring is 5. The van der Waals surface area contributed by atoms with Gasteiger partial charge in [0.05, 0.1) is 106 Å². The highest BCUT2D eigenvalue weighted by molar-refractivity contribution is 9.10. The van der Waals surface area contributed by atoms with Crippen LogP contribution in [-0.2, 0) is 62.7 Å². The van der Waals surface area contributed by atoms with Gasteiger partial charge in [-0.1, -0.05) is 48.5 Å². The molecule has 702 valence electrons. The summed E-state index contributed by atoms with van der Waals surface area (Å²) in [5.41, 5.74) is 26.5. The number of rotatable bonds is 15. The van der Waals surface area contributed by atoms with Crippen molar-refractivity contribution >= 4 is 111 Å². The molecule has 5 amide bonds. The number of ether oxygens (including phenoxy) is 7. The van der Waals surface area contributed by atoms with Crippen LogP contribution in [0.15, 0.2) is 146 Å². The molecule has 4 atom stereocenters. The molecule has 0 bridgehead atoms. The number of nitrogens with two attached hydrogens (primary N) is 5. The molecule has 9 aromatic rings. The van der Waals surface area contributed by atoms with E-state index in [4.69, 9.17) is 56.9 Å². The Kier molecular flexibility index (Phi) is 32.2. The van der Waals surface area contributed by atoms with Gasteiger partial charge in [-0.2, -0.15) is 0 Å². The monoisotopic (exact) mass is 1930 g/mol. The SMILES string of the molecule is CC(C)(C)OC(=O)N1CCCC(S(=O)(=O)c2ccc(-c3cnc(N)c(-c4nnc(-c5ccc(C6COCCN6C(=O)OC(C)(C)C)cc5)o4)n3)cc2)C1.CC(C)(C)OC(=O)N1CCCC(S(=O)(=O)c2ccc(-c3cnc(N)c(C(=O)NN)n3)cc2)C1.COC(=O)c1nc(-c2ccc(S(=O)(=O)C3CCCN(C(=O)OC(C)(C)C)C3)cc2)cnc1N.COC(=O)c1nc(Br)cnc1N. The van der Waals surface area contributed by atoms with Gasteiger partial charge >= 0.3 is 36.3 Å². The number of methoxy groups -OCH3 is 2. The maximum absolute atomic E-state index is 13.6. The van der Waals surface area contributed by atoms with Crippen LogP contribution < -0.4 is 34.2 Å². The quantitative estimate of drug-likeness (QED) is 0.0182. The zero-order valence-electron chi connectivity index (χ0n) is 74.8. The van der Waals surface area contributed by atoms with E-state index in [0.717, 1.165) is 5.56 Å². The number of nitrogens with zero attached hydrogens (tertiary/aromatic N) is 14. The molecule has 11 N–H and O–H groups in total. The van der Waals surface area contributed by atoms with Crippen LogP contribution in [0.4, 0.5) is 42.4 Å². The van der Waals surface area contributed by atoms with E-state index in [0.29, 0.717) is 122 Å². The zero-order valence-corrected chi connectivity index (χ0v) is 78.8. The third-order valence-electron chi connectivity index (χ3n) is 20.0. The normalized spacial score (nSPS) is 16.8. The van der Waals surface area contributed by atoms with E-state index in [-0.39, 0.29) is 98.2 Å². The van der Waals surface area contributed by atoms with Crippen LogP contribution in [0.25, 0.3) is 56.8 Å². The predicted molar refractivity (Wildman–Crippen MR) is 483 cm³/mol. The minimum atomic E-state index is -3.74. The molecule has 5 aromatic heterocycles. The Morgan fingerprint density at radius 1 is 0.435 bits per heavy atom. The van der Waals surface area contributed by atoms with Crippen molar-refractivity contribution in [2.45, 2.75) is 180 Å². The summed E-state index contributed by atoms with van der Waals surface area (Å²) in [4.78, 5) is 124. The molecule has 0 radical (unpaired) electrons. The van der Waals surface area contributed by atoms with Crippen LogP contribution >= 0.6 is 15.9 Å². The maximum atomic E-state index is 13.6. The largest absolute Gasteiger partial charge is 0.464 e. The molecule has 0 aliphatic carbocycles. The lowest BCUT2D eigenvalue weighted by Crippen LogP contribution is -2.47. The molecule has 131 heavy (non-hydrogen) atoms. The number of anilines is 4. The van der Waals surface area contributed by atoms with Gasteiger partial charge in [0, 0.05) is 68.1 Å². The number of likely N-dealkylation sites (tertiary alicyclic amines) is 3. The Hall–Kier alpha value is -12.7. The van der Waals surface area contributed by atoms with Crippen molar-refractivity contribution in [1.82, 2.24) is 75.1 Å². The number of halogens is 1. The smallest absolute Gasteiger partial charge is 0.410 e. The second-order valence-corrected chi connectivity index (χ2v) is 41.9. The number of nitrogens with one attached hydrogen (secondary N) is 1. The minimum Gasteiger partial charge on any atom is -0.464 e. The van der Waals surface area contributed by atoms with Gasteiger partial charge < -0.3 is 75.2 Å². The summed E-state index contributed by atoms with van der Waals surface area (Å²) in [5.74, 6) is 3.42. The van der Waals surface area contributed by atoms with Crippen LogP contribution in [0.1, 0.15) is 165 Å². The first kappa shape index (κ1) is 100. The highest BCUT2D eigenvalue weighted by atomic mass is 79.9. The molecule has 9 heterocycles. The van der Waals surface area contributed by atoms with Gasteiger partial charge in [-0.05, 0) is 192 Å². The number of hydrazine groups is 1. The number of esters is 2. The second kappa shape index (κ2) is 42.0. The molecule has 4 fully saturated rings. The van der Waals surface area contributed by atoms with E-state index in [9.17, 15) is 58.8 Å². The lowest BCUT2D eigenvalue weighted by Gasteiger charge is -2.36. The number of carbonyl (C=O) groups excluding carboxylic acids is 7. The first-order valence-corrected chi connectivity index (χ1v) is 46.7. The zero-order chi connectivity index (χ0) is 96.0. The average Bonchev–Trinajstić information content (AvgIpc) is 1.44. The van der Waals surface area contributed by atoms with E-state index < -0.39 is 110 Å². The van der Waals surface area contributed by atoms with Crippen molar-refractivity contribution in [2.75, 3.05) is 96.2 Å². The fourth-order valence-corrected chi connectivity index (χ4v) is 19.2. The first-order chi connectivity index (χ1) is 61.5. The number of carbonyl (C=O) groups is 7. The van der Waals surface area contributed by atoms with E-state index >= 15 is 0 Å². The van der Waals surface area contributed by atoms with Gasteiger partial charge in [0.1, 0.15) is 27.0 Å². The Bertz CT molecular complexity index is 5820. The molecule has 45 heteroatoms. The molecule has 4 aliphatic heterocycles. The third-order valence-corrected chi connectivity index (χ3v) is 27.0. The first-order valence-electron chi connectivity index (χ1n) is 41.3. The summed E-state index contributed by atoms with van der Waals surface area (Å²) in [6.07, 6.45) is 6.74. The van der Waals surface area contributed by atoms with Gasteiger partial charge in [0.2, 0.25) is 5.89 Å². The predicted octanol–water partition coefficient (Wildman–Crippen LogP) is 10.7. The molecular formula is C86H107BrN20O21S3. The van der Waals surface area contributed by atoms with Crippen molar-refractivity contribution < 1.29 is 96.4 Å². The number of hydrogen-bond donors (Lipinski definition) is 6. The molecule has 0 spiro atoms. The van der Waals surface area contributed by atoms with Crippen molar-refractivity contribution in [1.29, 1.82) is 0 Å². The fraction of sp³-hybridized carbons (Fsp3) is 0.430. The number of piperidine rings is 3. The van der Waals surface area contributed by atoms with Gasteiger partial charge in [-0.15, -0.1) is 10.2 Å². The van der Waals surface area contributed by atoms with E-state index in [1.54, 1.807) is 104 Å². The maximum Gasteiger partial charge on any atom is 0.410 e. The Morgan fingerprint density at radius 2 is 0.779 bits per heavy atom. The highest BCUT2D eigenvalue weighted by Crippen LogP contribution is 2.36. The van der Waals surface area contributed by atoms with Crippen LogP contribution in [-0.4, -0.2) is 249 Å². The Labute approximate surface area is 766 Å². The van der Waals surface area contributed by atoms with Crippen LogP contribution in [0.2, 0.25) is 0 Å². The number of sulfone groups is 3. The van der Waals surface area contributed by atoms with E-state index in [1.807, 2.05) is 50.5 Å². The molecule has 4 aromatic carbocycles. The van der Waals surface area contributed by atoms with E-state index in [1.165, 1.54) is 90.1 Å². The van der Waals surface area contributed by atoms with Crippen LogP contribution in [0.5, 0.6) is 0 Å². The summed E-state index contributed by atoms with van der Waals surface area (Å²) < 4.78 is 123. The van der Waals surface area contributed by atoms with Gasteiger partial charge in [-0.25, -0.2) is 99.7 Å². The fourth-order valence-electron chi connectivity index (χ4n) is 13.7. The second-order valence-electron chi connectivity index (χ2n) is 34.4. The number of morpholine rings is 1. The van der Waals surface area contributed by atoms with Crippen molar-refractivity contribution in [3.05, 3.63) is 149 Å². The minimum absolute atomic E-state index is 0.0203. The summed E-state index contributed by atoms with van der Waals surface area (Å²) in [6, 6.07) is 25.6. The Morgan fingerprint density at radius 3 is 1.17 bits per heavy atom. The Balaban J connectivity index is 0.000000198. The standard InChI is InChI=1S/C37H45N7O8S.C22H28N4O6S.C21H28N6O5S.C6H6BrN3O2/c1-36(2,3)51-34(45)43-17-7-8-27(21-43)53(47,48)26-15-13-23(14-16-26)28-20-39-31(38)30(40-28)33-42-41-32(50-33)25-11-9-24(10-12-25)29-22-49-19-18-44(29)35(46)52-37(4,5)6;1-22(2,3)32-21(28)26-11-5-6-16(13-26)33(29,30)15-9-7-14(8-10-15)17-12-24-19(23)18(25-17)20(27)31-4;1-21(2,3)32-20(29)27-10-4-5-15(12-27)33(30,31)14-8-6-13(7-9-14)16-11-24-18(22)17(25-16)19(28)26-23;1-12-6(11)4-5(8)9-2-3(7)10-4/h9-16,20,27,29H,7-8,17-19,21-22H2,1-6H3,(H2,38,39);7-10,12,16H,5-6,11,13H2,1-4H3,(H2,23,24);6-9,11,15H,4-5,10,12,23H2,1-3H3,(H2,22,24)(H,26,28);2H,1H3,(H2,8,9). The van der Waals surface area contributed by atoms with Crippen molar-refractivity contribution in [3.63, 3.8) is 0 Å². The molecule has 13 rings (SSSR count). The molecule has 41 nitrogen and oxygen atoms in total. The van der Waals surface area contributed by atoms with Gasteiger partial charge in [0.25, 0.3) is 11.8 Å². The molecule has 4 unspecified atom stereocenters. The summed E-state index contributed by atoms with van der Waals surface area (Å²) in [7, 11) is -8.65. The molecule has 0 saturated carbocycles.